The van der Waals surface area contributed by atoms with E-state index in [0.717, 1.165) is 17.4 Å². The van der Waals surface area contributed by atoms with Crippen LogP contribution in [0.3, 0.4) is 0 Å². The summed E-state index contributed by atoms with van der Waals surface area (Å²) in [4.78, 5) is 15.3. The van der Waals surface area contributed by atoms with Crippen LogP contribution in [0.25, 0.3) is 0 Å². The monoisotopic (exact) mass is 330 g/mol. The highest BCUT2D eigenvalue weighted by Gasteiger charge is 2.14. The molecule has 19 heavy (non-hydrogen) atoms. The van der Waals surface area contributed by atoms with E-state index in [1.165, 1.54) is 6.07 Å². The number of halogens is 2. The second-order valence-corrected chi connectivity index (χ2v) is 5.65. The van der Waals surface area contributed by atoms with Crippen molar-refractivity contribution in [1.82, 2.24) is 9.80 Å². The van der Waals surface area contributed by atoms with E-state index in [4.69, 9.17) is 0 Å². The Kier molecular flexibility index (Phi) is 6.45. The lowest BCUT2D eigenvalue weighted by molar-refractivity contribution is -0.130. The van der Waals surface area contributed by atoms with Crippen molar-refractivity contribution in [3.8, 4) is 0 Å². The number of hydrogen-bond donors (Lipinski definition) is 0. The lowest BCUT2D eigenvalue weighted by Crippen LogP contribution is -2.36. The fourth-order valence-corrected chi connectivity index (χ4v) is 2.09. The summed E-state index contributed by atoms with van der Waals surface area (Å²) in [5.74, 6) is -0.209. The van der Waals surface area contributed by atoms with Crippen molar-refractivity contribution in [1.29, 1.82) is 0 Å². The lowest BCUT2D eigenvalue weighted by Gasteiger charge is -2.23. The molecule has 0 fully saturated rings. The van der Waals surface area contributed by atoms with Crippen LogP contribution in [0.15, 0.2) is 22.7 Å². The van der Waals surface area contributed by atoms with Gasteiger partial charge in [-0.2, -0.15) is 0 Å². The smallest absolute Gasteiger partial charge is 0.236 e. The second kappa shape index (κ2) is 7.60. The van der Waals surface area contributed by atoms with E-state index in [9.17, 15) is 9.18 Å². The maximum Gasteiger partial charge on any atom is 0.236 e. The van der Waals surface area contributed by atoms with Crippen LogP contribution in [0, 0.1) is 5.82 Å². The van der Waals surface area contributed by atoms with Crippen LogP contribution < -0.4 is 0 Å². The van der Waals surface area contributed by atoms with E-state index >= 15 is 0 Å². The Morgan fingerprint density at radius 2 is 2.05 bits per heavy atom. The van der Waals surface area contributed by atoms with Gasteiger partial charge in [-0.05, 0) is 25.1 Å². The molecule has 1 amide bonds. The number of likely N-dealkylation sites (N-methyl/N-ethyl adjacent to an activating group) is 1. The van der Waals surface area contributed by atoms with Crippen molar-refractivity contribution in [3.05, 3.63) is 34.1 Å². The highest BCUT2D eigenvalue weighted by Crippen LogP contribution is 2.17. The molecule has 0 bridgehead atoms. The van der Waals surface area contributed by atoms with Gasteiger partial charge in [0.15, 0.2) is 0 Å². The van der Waals surface area contributed by atoms with E-state index in [2.05, 4.69) is 15.9 Å². The van der Waals surface area contributed by atoms with E-state index in [-0.39, 0.29) is 11.7 Å². The maximum atomic E-state index is 13.8. The quantitative estimate of drug-likeness (QED) is 0.800. The fraction of sp³-hybridized carbons (Fsp3) is 0.500. The van der Waals surface area contributed by atoms with Crippen LogP contribution in [0.1, 0.15) is 18.9 Å². The molecule has 0 atom stereocenters. The van der Waals surface area contributed by atoms with E-state index < -0.39 is 0 Å². The van der Waals surface area contributed by atoms with Gasteiger partial charge in [0.2, 0.25) is 5.91 Å². The predicted octanol–water partition coefficient (Wildman–Crippen LogP) is 2.89. The third-order valence-electron chi connectivity index (χ3n) is 2.81. The van der Waals surface area contributed by atoms with Crippen LogP contribution in [0.4, 0.5) is 4.39 Å². The molecule has 0 aliphatic heterocycles. The van der Waals surface area contributed by atoms with Crippen molar-refractivity contribution < 1.29 is 9.18 Å². The molecule has 1 aromatic carbocycles. The summed E-state index contributed by atoms with van der Waals surface area (Å²) < 4.78 is 14.5. The first-order valence-corrected chi connectivity index (χ1v) is 7.09. The van der Waals surface area contributed by atoms with E-state index in [1.54, 1.807) is 25.1 Å². The van der Waals surface area contributed by atoms with Gasteiger partial charge in [0.05, 0.1) is 6.54 Å². The Morgan fingerprint density at radius 1 is 1.37 bits per heavy atom. The maximum absolute atomic E-state index is 13.8. The average molecular weight is 331 g/mol. The van der Waals surface area contributed by atoms with E-state index in [1.807, 2.05) is 17.9 Å². The van der Waals surface area contributed by atoms with Gasteiger partial charge in [0, 0.05) is 30.7 Å². The summed E-state index contributed by atoms with van der Waals surface area (Å²) in [6.45, 7) is 3.59. The van der Waals surface area contributed by atoms with Gasteiger partial charge in [0.1, 0.15) is 5.82 Å². The Bertz CT molecular complexity index is 437. The van der Waals surface area contributed by atoms with Crippen LogP contribution in [-0.2, 0) is 11.3 Å². The number of nitrogens with zero attached hydrogens (tertiary/aromatic N) is 2. The molecule has 106 valence electrons. The topological polar surface area (TPSA) is 23.6 Å². The summed E-state index contributed by atoms with van der Waals surface area (Å²) in [5.41, 5.74) is 0.614. The fourth-order valence-electron chi connectivity index (χ4n) is 1.75. The summed E-state index contributed by atoms with van der Waals surface area (Å²) in [5, 5.41) is 0. The van der Waals surface area contributed by atoms with Crippen LogP contribution in [0.2, 0.25) is 0 Å². The molecule has 0 heterocycles. The third-order valence-corrected chi connectivity index (χ3v) is 3.30. The third kappa shape index (κ3) is 5.28. The molecule has 0 saturated heterocycles. The highest BCUT2D eigenvalue weighted by molar-refractivity contribution is 9.10. The zero-order valence-corrected chi connectivity index (χ0v) is 13.2. The Morgan fingerprint density at radius 3 is 2.58 bits per heavy atom. The van der Waals surface area contributed by atoms with Crippen molar-refractivity contribution in [2.75, 3.05) is 27.2 Å². The van der Waals surface area contributed by atoms with Crippen molar-refractivity contribution in [3.63, 3.8) is 0 Å². The van der Waals surface area contributed by atoms with Gasteiger partial charge in [0.25, 0.3) is 0 Å². The summed E-state index contributed by atoms with van der Waals surface area (Å²) in [6, 6.07) is 5.02. The summed E-state index contributed by atoms with van der Waals surface area (Å²) in [6.07, 6.45) is 0.929. The molecule has 3 nitrogen and oxygen atoms in total. The number of hydrogen-bond acceptors (Lipinski definition) is 2. The van der Waals surface area contributed by atoms with Crippen LogP contribution in [-0.4, -0.2) is 42.9 Å². The van der Waals surface area contributed by atoms with Gasteiger partial charge >= 0.3 is 0 Å². The number of carbonyl (C=O) groups is 1. The Balaban J connectivity index is 2.74. The molecule has 5 heteroatoms. The zero-order chi connectivity index (χ0) is 14.4. The normalized spacial score (nSPS) is 10.8. The van der Waals surface area contributed by atoms with Crippen molar-refractivity contribution in [2.24, 2.45) is 0 Å². The largest absolute Gasteiger partial charge is 0.348 e. The first kappa shape index (κ1) is 16.1. The minimum Gasteiger partial charge on any atom is -0.348 e. The lowest BCUT2D eigenvalue weighted by atomic mass is 10.2. The van der Waals surface area contributed by atoms with Crippen molar-refractivity contribution >= 4 is 21.8 Å². The molecular weight excluding hydrogens is 311 g/mol. The number of benzene rings is 1. The molecular formula is C14H20BrFN2O. The average Bonchev–Trinajstić information content (AvgIpc) is 2.32. The Labute approximate surface area is 122 Å². The van der Waals surface area contributed by atoms with Gasteiger partial charge in [-0.15, -0.1) is 0 Å². The van der Waals surface area contributed by atoms with Gasteiger partial charge in [-0.3, -0.25) is 9.69 Å². The molecule has 0 saturated carbocycles. The molecule has 1 aromatic rings. The van der Waals surface area contributed by atoms with Gasteiger partial charge < -0.3 is 4.90 Å². The molecule has 0 spiro atoms. The minimum atomic E-state index is -0.243. The first-order chi connectivity index (χ1) is 8.93. The van der Waals surface area contributed by atoms with Crippen molar-refractivity contribution in [2.45, 2.75) is 19.9 Å². The number of carbonyl (C=O) groups excluding carboxylic acids is 1. The first-order valence-electron chi connectivity index (χ1n) is 6.30. The molecule has 0 aliphatic rings. The van der Waals surface area contributed by atoms with E-state index in [0.29, 0.717) is 18.7 Å². The molecule has 1 rings (SSSR count). The second-order valence-electron chi connectivity index (χ2n) is 4.73. The van der Waals surface area contributed by atoms with Gasteiger partial charge in [-0.25, -0.2) is 4.39 Å². The standard InChI is InChI=1S/C14H20BrFN2O/c1-4-7-18(10-14(19)17(2)3)9-11-5-6-12(15)8-13(11)16/h5-6,8H,4,7,9-10H2,1-3H3. The van der Waals surface area contributed by atoms with Crippen LogP contribution in [0.5, 0.6) is 0 Å². The molecule has 0 unspecified atom stereocenters. The van der Waals surface area contributed by atoms with Crippen LogP contribution >= 0.6 is 15.9 Å². The summed E-state index contributed by atoms with van der Waals surface area (Å²) >= 11 is 3.24. The molecule has 0 radical (unpaired) electrons. The number of rotatable bonds is 6. The van der Waals surface area contributed by atoms with Gasteiger partial charge in [-0.1, -0.05) is 28.9 Å². The number of amides is 1. The molecule has 0 aliphatic carbocycles. The SMILES string of the molecule is CCCN(CC(=O)N(C)C)Cc1ccc(Br)cc1F. The summed E-state index contributed by atoms with van der Waals surface area (Å²) in [7, 11) is 3.46. The predicted molar refractivity (Wildman–Crippen MR) is 78.4 cm³/mol. The minimum absolute atomic E-state index is 0.0333. The molecule has 0 aromatic heterocycles. The highest BCUT2D eigenvalue weighted by atomic mass is 79.9. The molecule has 0 N–H and O–H groups in total. The zero-order valence-electron chi connectivity index (χ0n) is 11.6. The Hall–Kier alpha value is -0.940.